The number of likely N-dealkylation sites (N-methyl/N-ethyl adjacent to an activating group) is 1. The monoisotopic (exact) mass is 293 g/mol. The molecule has 1 atom stereocenters. The van der Waals surface area contributed by atoms with E-state index in [2.05, 4.69) is 5.32 Å². The maximum absolute atomic E-state index is 12.2. The molecule has 6 heteroatoms. The third-order valence-electron chi connectivity index (χ3n) is 3.03. The highest BCUT2D eigenvalue weighted by atomic mass is 16.5. The number of rotatable bonds is 8. The van der Waals surface area contributed by atoms with Crippen molar-refractivity contribution >= 4 is 11.8 Å². The summed E-state index contributed by atoms with van der Waals surface area (Å²) in [5.74, 6) is -0.490. The predicted molar refractivity (Wildman–Crippen MR) is 80.5 cm³/mol. The van der Waals surface area contributed by atoms with E-state index in [0.29, 0.717) is 13.2 Å². The van der Waals surface area contributed by atoms with Crippen LogP contribution in [-0.4, -0.2) is 50.6 Å². The number of nitrogens with zero attached hydrogens (tertiary/aromatic N) is 1. The van der Waals surface area contributed by atoms with Crippen LogP contribution >= 0.6 is 0 Å². The van der Waals surface area contributed by atoms with Gasteiger partial charge in [0, 0.05) is 27.3 Å². The van der Waals surface area contributed by atoms with E-state index in [4.69, 9.17) is 10.5 Å². The van der Waals surface area contributed by atoms with Crippen LogP contribution in [0, 0.1) is 0 Å². The lowest BCUT2D eigenvalue weighted by Gasteiger charge is -2.21. The van der Waals surface area contributed by atoms with Crippen molar-refractivity contribution in [3.63, 3.8) is 0 Å². The molecule has 2 amide bonds. The molecule has 0 saturated carbocycles. The van der Waals surface area contributed by atoms with E-state index in [0.717, 1.165) is 12.0 Å². The van der Waals surface area contributed by atoms with Crippen LogP contribution < -0.4 is 11.1 Å². The van der Waals surface area contributed by atoms with Crippen molar-refractivity contribution in [2.75, 3.05) is 33.9 Å². The zero-order valence-electron chi connectivity index (χ0n) is 12.5. The van der Waals surface area contributed by atoms with Crippen molar-refractivity contribution in [3.8, 4) is 0 Å². The summed E-state index contributed by atoms with van der Waals surface area (Å²) >= 11 is 0. The lowest BCUT2D eigenvalue weighted by molar-refractivity contribution is -0.135. The van der Waals surface area contributed by atoms with Crippen molar-refractivity contribution in [3.05, 3.63) is 35.9 Å². The summed E-state index contributed by atoms with van der Waals surface area (Å²) in [5.41, 5.74) is 6.65. The zero-order chi connectivity index (χ0) is 15.7. The molecule has 0 fully saturated rings. The van der Waals surface area contributed by atoms with Crippen molar-refractivity contribution in [2.45, 2.75) is 12.5 Å². The average molecular weight is 293 g/mol. The van der Waals surface area contributed by atoms with E-state index in [1.807, 2.05) is 18.2 Å². The molecule has 1 aromatic rings. The van der Waals surface area contributed by atoms with Gasteiger partial charge in [0.15, 0.2) is 0 Å². The molecule has 0 heterocycles. The number of nitrogens with two attached hydrogens (primary N) is 1. The molecule has 0 saturated heterocycles. The number of benzene rings is 1. The van der Waals surface area contributed by atoms with Crippen molar-refractivity contribution in [1.29, 1.82) is 0 Å². The minimum atomic E-state index is -0.752. The van der Waals surface area contributed by atoms with Gasteiger partial charge < -0.3 is 20.7 Å². The number of nitrogens with one attached hydrogen (secondary N) is 1. The van der Waals surface area contributed by atoms with Gasteiger partial charge in [0.25, 0.3) is 0 Å². The van der Waals surface area contributed by atoms with E-state index in [-0.39, 0.29) is 18.4 Å². The third-order valence-corrected chi connectivity index (χ3v) is 3.03. The Morgan fingerprint density at radius 2 is 2.00 bits per heavy atom. The smallest absolute Gasteiger partial charge is 0.244 e. The van der Waals surface area contributed by atoms with E-state index in [1.54, 1.807) is 26.3 Å². The Morgan fingerprint density at radius 1 is 1.33 bits per heavy atom. The number of hydrogen-bond donors (Lipinski definition) is 2. The van der Waals surface area contributed by atoms with E-state index < -0.39 is 6.04 Å². The summed E-state index contributed by atoms with van der Waals surface area (Å²) < 4.78 is 4.89. The normalized spacial score (nSPS) is 11.8. The Bertz CT molecular complexity index is 451. The Labute approximate surface area is 125 Å². The Hall–Kier alpha value is -1.92. The van der Waals surface area contributed by atoms with Crippen LogP contribution in [0.15, 0.2) is 30.3 Å². The third kappa shape index (κ3) is 5.93. The lowest BCUT2D eigenvalue weighted by atomic mass is 10.1. The quantitative estimate of drug-likeness (QED) is 0.675. The standard InChI is InChI=1S/C15H23N3O3/c1-18(11-13(19)17-9-6-10-21-2)15(20)14(16)12-7-4-3-5-8-12/h3-5,7-8,14H,6,9-11,16H2,1-2H3,(H,17,19). The Kier molecular flexibility index (Phi) is 7.42. The maximum atomic E-state index is 12.2. The van der Waals surface area contributed by atoms with Crippen LogP contribution in [0.25, 0.3) is 0 Å². The fourth-order valence-electron chi connectivity index (χ4n) is 1.83. The van der Waals surface area contributed by atoms with Crippen LogP contribution in [0.4, 0.5) is 0 Å². The van der Waals surface area contributed by atoms with Crippen LogP contribution in [0.1, 0.15) is 18.0 Å². The predicted octanol–water partition coefficient (Wildman–Crippen LogP) is 0.298. The second-order valence-corrected chi connectivity index (χ2v) is 4.78. The second kappa shape index (κ2) is 9.10. The Balaban J connectivity index is 2.42. The second-order valence-electron chi connectivity index (χ2n) is 4.78. The van der Waals surface area contributed by atoms with Gasteiger partial charge in [-0.05, 0) is 12.0 Å². The molecule has 116 valence electrons. The molecule has 1 unspecified atom stereocenters. The zero-order valence-corrected chi connectivity index (χ0v) is 12.5. The molecule has 6 nitrogen and oxygen atoms in total. The van der Waals surface area contributed by atoms with Crippen LogP contribution in [-0.2, 0) is 14.3 Å². The first-order valence-corrected chi connectivity index (χ1v) is 6.87. The molecular weight excluding hydrogens is 270 g/mol. The molecule has 3 N–H and O–H groups in total. The SMILES string of the molecule is COCCCNC(=O)CN(C)C(=O)C(N)c1ccccc1. The molecule has 21 heavy (non-hydrogen) atoms. The Morgan fingerprint density at radius 3 is 2.62 bits per heavy atom. The number of carbonyl (C=O) groups is 2. The highest BCUT2D eigenvalue weighted by Crippen LogP contribution is 2.11. The first kappa shape index (κ1) is 17.1. The van der Waals surface area contributed by atoms with Crippen molar-refractivity contribution in [2.24, 2.45) is 5.73 Å². The summed E-state index contributed by atoms with van der Waals surface area (Å²) in [7, 11) is 3.18. The fraction of sp³-hybridized carbons (Fsp3) is 0.467. The van der Waals surface area contributed by atoms with Crippen LogP contribution in [0.3, 0.4) is 0 Å². The summed E-state index contributed by atoms with van der Waals surface area (Å²) in [4.78, 5) is 25.2. The van der Waals surface area contributed by atoms with Crippen molar-refractivity contribution in [1.82, 2.24) is 10.2 Å². The number of ether oxygens (including phenoxy) is 1. The summed E-state index contributed by atoms with van der Waals surface area (Å²) in [6.45, 7) is 1.11. The summed E-state index contributed by atoms with van der Waals surface area (Å²) in [6, 6.07) is 8.34. The minimum absolute atomic E-state index is 0.00759. The van der Waals surface area contributed by atoms with Crippen molar-refractivity contribution < 1.29 is 14.3 Å². The number of methoxy groups -OCH3 is 1. The summed E-state index contributed by atoms with van der Waals surface area (Å²) in [6.07, 6.45) is 0.740. The minimum Gasteiger partial charge on any atom is -0.385 e. The first-order chi connectivity index (χ1) is 10.1. The van der Waals surface area contributed by atoms with E-state index in [1.165, 1.54) is 4.90 Å². The molecule has 0 aliphatic carbocycles. The van der Waals surface area contributed by atoms with Gasteiger partial charge >= 0.3 is 0 Å². The topological polar surface area (TPSA) is 84.7 Å². The van der Waals surface area contributed by atoms with Gasteiger partial charge in [0.1, 0.15) is 6.04 Å². The largest absolute Gasteiger partial charge is 0.385 e. The molecule has 0 aromatic heterocycles. The van der Waals surface area contributed by atoms with Gasteiger partial charge in [-0.25, -0.2) is 0 Å². The lowest BCUT2D eigenvalue weighted by Crippen LogP contribution is -2.42. The van der Waals surface area contributed by atoms with Gasteiger partial charge in [-0.15, -0.1) is 0 Å². The van der Waals surface area contributed by atoms with Crippen LogP contribution in [0.2, 0.25) is 0 Å². The molecule has 0 aliphatic rings. The van der Waals surface area contributed by atoms with Gasteiger partial charge in [0.05, 0.1) is 6.54 Å². The fourth-order valence-corrected chi connectivity index (χ4v) is 1.83. The molecule has 0 aliphatic heterocycles. The highest BCUT2D eigenvalue weighted by Gasteiger charge is 2.21. The molecule has 0 spiro atoms. The molecule has 0 radical (unpaired) electrons. The van der Waals surface area contributed by atoms with Gasteiger partial charge in [-0.3, -0.25) is 9.59 Å². The summed E-state index contributed by atoms with van der Waals surface area (Å²) in [5, 5.41) is 2.73. The van der Waals surface area contributed by atoms with Crippen LogP contribution in [0.5, 0.6) is 0 Å². The molecule has 1 aromatic carbocycles. The van der Waals surface area contributed by atoms with Gasteiger partial charge in [-0.2, -0.15) is 0 Å². The first-order valence-electron chi connectivity index (χ1n) is 6.87. The number of hydrogen-bond acceptors (Lipinski definition) is 4. The molecule has 1 rings (SSSR count). The maximum Gasteiger partial charge on any atom is 0.244 e. The number of amides is 2. The molecular formula is C15H23N3O3. The number of carbonyl (C=O) groups excluding carboxylic acids is 2. The van der Waals surface area contributed by atoms with Gasteiger partial charge in [0.2, 0.25) is 11.8 Å². The van der Waals surface area contributed by atoms with Gasteiger partial charge in [-0.1, -0.05) is 30.3 Å². The average Bonchev–Trinajstić information content (AvgIpc) is 2.51. The van der Waals surface area contributed by atoms with E-state index >= 15 is 0 Å². The molecule has 0 bridgehead atoms. The highest BCUT2D eigenvalue weighted by molar-refractivity contribution is 5.87. The van der Waals surface area contributed by atoms with E-state index in [9.17, 15) is 9.59 Å².